The van der Waals surface area contributed by atoms with Crippen molar-refractivity contribution in [2.24, 2.45) is 14.1 Å². The quantitative estimate of drug-likeness (QED) is 0.829. The zero-order chi connectivity index (χ0) is 11.7. The van der Waals surface area contributed by atoms with Crippen molar-refractivity contribution in [1.29, 1.82) is 0 Å². The summed E-state index contributed by atoms with van der Waals surface area (Å²) in [4.78, 5) is 4.38. The molecule has 0 bridgehead atoms. The molecule has 5 nitrogen and oxygen atoms in total. The van der Waals surface area contributed by atoms with E-state index in [-0.39, 0.29) is 6.04 Å². The van der Waals surface area contributed by atoms with Crippen LogP contribution >= 0.6 is 0 Å². The molecule has 2 rings (SSSR count). The molecule has 0 spiro atoms. The molecule has 0 aliphatic carbocycles. The van der Waals surface area contributed by atoms with E-state index in [1.165, 1.54) is 5.56 Å². The van der Waals surface area contributed by atoms with E-state index in [1.54, 1.807) is 0 Å². The van der Waals surface area contributed by atoms with Crippen LogP contribution in [0.3, 0.4) is 0 Å². The van der Waals surface area contributed by atoms with E-state index in [0.29, 0.717) is 0 Å². The minimum Gasteiger partial charge on any atom is -0.336 e. The molecule has 2 aromatic heterocycles. The Kier molecular flexibility index (Phi) is 2.78. The smallest absolute Gasteiger partial charge is 0.130 e. The van der Waals surface area contributed by atoms with Crippen LogP contribution in [0.15, 0.2) is 18.6 Å². The fourth-order valence-corrected chi connectivity index (χ4v) is 1.98. The van der Waals surface area contributed by atoms with Gasteiger partial charge in [-0.2, -0.15) is 5.10 Å². The van der Waals surface area contributed by atoms with Crippen molar-refractivity contribution in [3.8, 4) is 0 Å². The molecular weight excluding hydrogens is 202 g/mol. The molecular formula is C11H17N5. The minimum atomic E-state index is 0.0914. The van der Waals surface area contributed by atoms with Crippen LogP contribution < -0.4 is 5.32 Å². The van der Waals surface area contributed by atoms with Gasteiger partial charge in [-0.15, -0.1) is 0 Å². The third kappa shape index (κ3) is 1.74. The summed E-state index contributed by atoms with van der Waals surface area (Å²) in [7, 11) is 5.87. The first-order chi connectivity index (χ1) is 7.63. The number of hydrogen-bond acceptors (Lipinski definition) is 3. The molecule has 16 heavy (non-hydrogen) atoms. The third-order valence-electron chi connectivity index (χ3n) is 2.77. The summed E-state index contributed by atoms with van der Waals surface area (Å²) >= 11 is 0. The average molecular weight is 219 g/mol. The number of hydrogen-bond donors (Lipinski definition) is 1. The number of rotatable bonds is 3. The number of nitrogens with one attached hydrogen (secondary N) is 1. The third-order valence-corrected chi connectivity index (χ3v) is 2.77. The van der Waals surface area contributed by atoms with Crippen LogP contribution in [0.5, 0.6) is 0 Å². The molecule has 0 aliphatic rings. The molecule has 1 N–H and O–H groups in total. The molecule has 1 unspecified atom stereocenters. The lowest BCUT2D eigenvalue weighted by atomic mass is 10.1. The summed E-state index contributed by atoms with van der Waals surface area (Å²) < 4.78 is 3.85. The van der Waals surface area contributed by atoms with E-state index in [1.807, 2.05) is 55.9 Å². The fourth-order valence-electron chi connectivity index (χ4n) is 1.98. The number of nitrogens with zero attached hydrogens (tertiary/aromatic N) is 4. The first-order valence-corrected chi connectivity index (χ1v) is 5.28. The van der Waals surface area contributed by atoms with Crippen LogP contribution in [0.4, 0.5) is 0 Å². The molecule has 5 heteroatoms. The predicted molar refractivity (Wildman–Crippen MR) is 62.1 cm³/mol. The van der Waals surface area contributed by atoms with Gasteiger partial charge in [0, 0.05) is 38.2 Å². The lowest BCUT2D eigenvalue weighted by Gasteiger charge is -2.15. The average Bonchev–Trinajstić information content (AvgIpc) is 2.77. The molecule has 0 fully saturated rings. The summed E-state index contributed by atoms with van der Waals surface area (Å²) in [6.07, 6.45) is 5.79. The van der Waals surface area contributed by atoms with Crippen LogP contribution in [0.1, 0.15) is 23.1 Å². The normalized spacial score (nSPS) is 13.0. The minimum absolute atomic E-state index is 0.0914. The standard InChI is InChI=1S/C11H17N5/c1-8-9(7-16(4)14-8)10(12-2)11-13-5-6-15(11)3/h5-7,10,12H,1-4H3. The Labute approximate surface area is 95.1 Å². The Morgan fingerprint density at radius 1 is 1.38 bits per heavy atom. The number of aromatic nitrogens is 4. The van der Waals surface area contributed by atoms with E-state index in [0.717, 1.165) is 11.5 Å². The summed E-state index contributed by atoms with van der Waals surface area (Å²) in [5.41, 5.74) is 2.20. The Balaban J connectivity index is 2.44. The van der Waals surface area contributed by atoms with Gasteiger partial charge in [0.2, 0.25) is 0 Å². The van der Waals surface area contributed by atoms with Crippen molar-refractivity contribution >= 4 is 0 Å². The molecule has 0 saturated heterocycles. The highest BCUT2D eigenvalue weighted by Gasteiger charge is 2.20. The Hall–Kier alpha value is -1.62. The molecule has 0 amide bonds. The molecule has 2 heterocycles. The van der Waals surface area contributed by atoms with Crippen molar-refractivity contribution in [2.75, 3.05) is 7.05 Å². The molecule has 1 atom stereocenters. The van der Waals surface area contributed by atoms with Gasteiger partial charge in [0.15, 0.2) is 0 Å². The first-order valence-electron chi connectivity index (χ1n) is 5.28. The second kappa shape index (κ2) is 4.09. The first kappa shape index (κ1) is 10.9. The highest BCUT2D eigenvalue weighted by atomic mass is 15.3. The molecule has 0 aromatic carbocycles. The number of imidazole rings is 1. The van der Waals surface area contributed by atoms with Gasteiger partial charge in [-0.3, -0.25) is 4.68 Å². The number of aryl methyl sites for hydroxylation is 3. The molecule has 0 saturated carbocycles. The van der Waals surface area contributed by atoms with E-state index in [4.69, 9.17) is 0 Å². The van der Waals surface area contributed by atoms with Crippen LogP contribution in [-0.2, 0) is 14.1 Å². The maximum absolute atomic E-state index is 4.38. The summed E-state index contributed by atoms with van der Waals surface area (Å²) in [6.45, 7) is 2.02. The zero-order valence-corrected chi connectivity index (χ0v) is 10.1. The Morgan fingerprint density at radius 3 is 2.56 bits per heavy atom. The van der Waals surface area contributed by atoms with Gasteiger partial charge in [0.25, 0.3) is 0 Å². The maximum Gasteiger partial charge on any atom is 0.130 e. The van der Waals surface area contributed by atoms with Gasteiger partial charge in [0.1, 0.15) is 5.82 Å². The summed E-state index contributed by atoms with van der Waals surface area (Å²) in [5.74, 6) is 0.999. The molecule has 0 aliphatic heterocycles. The topological polar surface area (TPSA) is 47.7 Å². The second-order valence-electron chi connectivity index (χ2n) is 3.96. The van der Waals surface area contributed by atoms with E-state index >= 15 is 0 Å². The Morgan fingerprint density at radius 2 is 2.12 bits per heavy atom. The van der Waals surface area contributed by atoms with Crippen LogP contribution in [0.25, 0.3) is 0 Å². The summed E-state index contributed by atoms with van der Waals surface area (Å²) in [6, 6.07) is 0.0914. The molecule has 2 aromatic rings. The van der Waals surface area contributed by atoms with Gasteiger partial charge < -0.3 is 9.88 Å². The second-order valence-corrected chi connectivity index (χ2v) is 3.96. The van der Waals surface area contributed by atoms with Crippen molar-refractivity contribution in [3.63, 3.8) is 0 Å². The fraction of sp³-hybridized carbons (Fsp3) is 0.455. The highest BCUT2D eigenvalue weighted by Crippen LogP contribution is 2.21. The highest BCUT2D eigenvalue weighted by molar-refractivity contribution is 5.26. The summed E-state index contributed by atoms with van der Waals surface area (Å²) in [5, 5.41) is 7.64. The largest absolute Gasteiger partial charge is 0.336 e. The lowest BCUT2D eigenvalue weighted by Crippen LogP contribution is -2.21. The van der Waals surface area contributed by atoms with Crippen molar-refractivity contribution in [3.05, 3.63) is 35.7 Å². The van der Waals surface area contributed by atoms with Gasteiger partial charge in [-0.1, -0.05) is 0 Å². The SMILES string of the molecule is CNC(c1cn(C)nc1C)c1nccn1C. The van der Waals surface area contributed by atoms with Crippen molar-refractivity contribution in [1.82, 2.24) is 24.6 Å². The van der Waals surface area contributed by atoms with Gasteiger partial charge in [-0.25, -0.2) is 4.98 Å². The van der Waals surface area contributed by atoms with E-state index in [2.05, 4.69) is 15.4 Å². The Bertz CT molecular complexity index is 482. The molecule has 0 radical (unpaired) electrons. The lowest BCUT2D eigenvalue weighted by molar-refractivity contribution is 0.614. The van der Waals surface area contributed by atoms with Crippen LogP contribution in [0.2, 0.25) is 0 Å². The van der Waals surface area contributed by atoms with Gasteiger partial charge >= 0.3 is 0 Å². The predicted octanol–water partition coefficient (Wildman–Crippen LogP) is 0.771. The van der Waals surface area contributed by atoms with Crippen LogP contribution in [0, 0.1) is 6.92 Å². The van der Waals surface area contributed by atoms with Crippen LogP contribution in [-0.4, -0.2) is 26.4 Å². The van der Waals surface area contributed by atoms with Crippen molar-refractivity contribution < 1.29 is 0 Å². The van der Waals surface area contributed by atoms with Gasteiger partial charge in [0.05, 0.1) is 11.7 Å². The maximum atomic E-state index is 4.38. The van der Waals surface area contributed by atoms with E-state index in [9.17, 15) is 0 Å². The monoisotopic (exact) mass is 219 g/mol. The van der Waals surface area contributed by atoms with E-state index < -0.39 is 0 Å². The van der Waals surface area contributed by atoms with Crippen molar-refractivity contribution in [2.45, 2.75) is 13.0 Å². The molecule has 86 valence electrons. The zero-order valence-electron chi connectivity index (χ0n) is 10.1. The van der Waals surface area contributed by atoms with Gasteiger partial charge in [-0.05, 0) is 14.0 Å².